The van der Waals surface area contributed by atoms with E-state index in [1.165, 1.54) is 6.07 Å². The van der Waals surface area contributed by atoms with Gasteiger partial charge >= 0.3 is 6.18 Å². The van der Waals surface area contributed by atoms with Crippen LogP contribution in [0.25, 0.3) is 0 Å². The molecule has 1 aromatic carbocycles. The van der Waals surface area contributed by atoms with Gasteiger partial charge in [-0.3, -0.25) is 0 Å². The molecule has 0 unspecified atom stereocenters. The van der Waals surface area contributed by atoms with Crippen molar-refractivity contribution in [3.63, 3.8) is 0 Å². The van der Waals surface area contributed by atoms with E-state index in [4.69, 9.17) is 11.6 Å². The largest absolute Gasteiger partial charge is 0.417 e. The third-order valence-electron chi connectivity index (χ3n) is 1.12. The van der Waals surface area contributed by atoms with Crippen molar-refractivity contribution in [1.29, 1.82) is 0 Å². The minimum absolute atomic E-state index is 0.295. The Hall–Kier alpha value is -0.700. The fourth-order valence-corrected chi connectivity index (χ4v) is 0.853. The molecule has 0 saturated heterocycles. The molecular weight excluding hydrogens is 177 g/mol. The van der Waals surface area contributed by atoms with Gasteiger partial charge in [0.25, 0.3) is 0 Å². The molecule has 0 saturated carbocycles. The number of hydrogen-bond donors (Lipinski definition) is 0. The summed E-state index contributed by atoms with van der Waals surface area (Å²) in [7, 11) is 0. The number of rotatable bonds is 0. The van der Waals surface area contributed by atoms with Gasteiger partial charge in [0.05, 0.1) is 10.6 Å². The molecule has 0 aliphatic rings. The summed E-state index contributed by atoms with van der Waals surface area (Å²) in [5.74, 6) is 0. The monoisotopic (exact) mass is 179 g/mol. The van der Waals surface area contributed by atoms with E-state index < -0.39 is 11.7 Å². The van der Waals surface area contributed by atoms with Gasteiger partial charge in [0.2, 0.25) is 0 Å². The molecule has 0 heterocycles. The smallest absolute Gasteiger partial charge is 0.166 e. The van der Waals surface area contributed by atoms with Gasteiger partial charge < -0.3 is 0 Å². The zero-order valence-electron chi connectivity index (χ0n) is 5.24. The Bertz CT molecular complexity index is 254. The maximum Gasteiger partial charge on any atom is 0.417 e. The topological polar surface area (TPSA) is 0 Å². The minimum Gasteiger partial charge on any atom is -0.166 e. The highest BCUT2D eigenvalue weighted by Crippen LogP contribution is 2.33. The third kappa shape index (κ3) is 1.87. The second-order valence-electron chi connectivity index (χ2n) is 1.90. The molecule has 0 N–H and O–H groups in total. The first-order chi connectivity index (χ1) is 5.02. The first-order valence-corrected chi connectivity index (χ1v) is 3.12. The molecule has 0 bridgehead atoms. The van der Waals surface area contributed by atoms with E-state index in [2.05, 4.69) is 6.07 Å². The maximum atomic E-state index is 11.9. The van der Waals surface area contributed by atoms with E-state index in [1.54, 1.807) is 0 Å². The summed E-state index contributed by atoms with van der Waals surface area (Å²) in [4.78, 5) is 0. The molecule has 0 aliphatic heterocycles. The fourth-order valence-electron chi connectivity index (χ4n) is 0.629. The van der Waals surface area contributed by atoms with Crippen molar-refractivity contribution in [2.45, 2.75) is 6.18 Å². The number of hydrogen-bond acceptors (Lipinski definition) is 0. The summed E-state index contributed by atoms with van der Waals surface area (Å²) in [5.41, 5.74) is -0.846. The Labute approximate surface area is 66.6 Å². The standard InChI is InChI=1S/C7H3ClF3/c8-6-4-2-1-3-5(6)7(9,10)11/h2-4H. The first kappa shape index (κ1) is 8.40. The summed E-state index contributed by atoms with van der Waals surface area (Å²) in [5, 5.41) is -0.295. The van der Waals surface area contributed by atoms with Crippen LogP contribution in [-0.2, 0) is 6.18 Å². The van der Waals surface area contributed by atoms with Crippen LogP contribution in [0.1, 0.15) is 5.56 Å². The summed E-state index contributed by atoms with van der Waals surface area (Å²) in [6, 6.07) is 5.61. The van der Waals surface area contributed by atoms with Crippen LogP contribution >= 0.6 is 11.6 Å². The molecular formula is C7H3ClF3. The number of alkyl halides is 3. The first-order valence-electron chi connectivity index (χ1n) is 2.74. The molecule has 0 aromatic heterocycles. The van der Waals surface area contributed by atoms with E-state index in [9.17, 15) is 13.2 Å². The zero-order chi connectivity index (χ0) is 8.48. The third-order valence-corrected chi connectivity index (χ3v) is 1.45. The number of halogens is 4. The Kier molecular flexibility index (Phi) is 2.09. The van der Waals surface area contributed by atoms with E-state index in [1.807, 2.05) is 0 Å². The minimum atomic E-state index is -4.38. The molecule has 11 heavy (non-hydrogen) atoms. The normalized spacial score (nSPS) is 11.6. The van der Waals surface area contributed by atoms with Gasteiger partial charge in [-0.1, -0.05) is 17.7 Å². The van der Waals surface area contributed by atoms with Crippen molar-refractivity contribution in [3.05, 3.63) is 34.9 Å². The van der Waals surface area contributed by atoms with E-state index in [-0.39, 0.29) is 5.02 Å². The highest BCUT2D eigenvalue weighted by atomic mass is 35.5. The van der Waals surface area contributed by atoms with Crippen molar-refractivity contribution < 1.29 is 13.2 Å². The van der Waals surface area contributed by atoms with Crippen LogP contribution in [-0.4, -0.2) is 0 Å². The van der Waals surface area contributed by atoms with Crippen LogP contribution in [0.5, 0.6) is 0 Å². The quantitative estimate of drug-likeness (QED) is 0.574. The molecule has 1 radical (unpaired) electrons. The van der Waals surface area contributed by atoms with Crippen molar-refractivity contribution in [1.82, 2.24) is 0 Å². The summed E-state index contributed by atoms with van der Waals surface area (Å²) < 4.78 is 35.8. The summed E-state index contributed by atoms with van der Waals surface area (Å²) in [6.07, 6.45) is -4.38. The Balaban J connectivity index is 3.14. The predicted molar refractivity (Wildman–Crippen MR) is 35.3 cm³/mol. The molecule has 0 fully saturated rings. The van der Waals surface area contributed by atoms with E-state index in [0.717, 1.165) is 12.1 Å². The van der Waals surface area contributed by atoms with Crippen LogP contribution < -0.4 is 0 Å². The molecule has 0 nitrogen and oxygen atoms in total. The molecule has 0 atom stereocenters. The maximum absolute atomic E-state index is 11.9. The molecule has 1 aromatic rings. The molecule has 4 heteroatoms. The fraction of sp³-hybridized carbons (Fsp3) is 0.143. The Morgan fingerprint density at radius 3 is 2.36 bits per heavy atom. The van der Waals surface area contributed by atoms with Gasteiger partial charge in [0, 0.05) is 0 Å². The van der Waals surface area contributed by atoms with E-state index in [0.29, 0.717) is 0 Å². The highest BCUT2D eigenvalue weighted by molar-refractivity contribution is 6.31. The SMILES string of the molecule is FC(F)(F)c1c[c]ccc1Cl. The highest BCUT2D eigenvalue weighted by Gasteiger charge is 2.32. The molecule has 0 spiro atoms. The van der Waals surface area contributed by atoms with Crippen LogP contribution in [0, 0.1) is 6.07 Å². The van der Waals surface area contributed by atoms with Crippen LogP contribution in [0.4, 0.5) is 13.2 Å². The Morgan fingerprint density at radius 1 is 1.36 bits per heavy atom. The van der Waals surface area contributed by atoms with E-state index >= 15 is 0 Å². The van der Waals surface area contributed by atoms with Crippen molar-refractivity contribution in [3.8, 4) is 0 Å². The van der Waals surface area contributed by atoms with Crippen molar-refractivity contribution in [2.24, 2.45) is 0 Å². The predicted octanol–water partition coefficient (Wildman–Crippen LogP) is 3.16. The van der Waals surface area contributed by atoms with Gasteiger partial charge in [-0.2, -0.15) is 13.2 Å². The van der Waals surface area contributed by atoms with Gasteiger partial charge in [-0.25, -0.2) is 0 Å². The average Bonchev–Trinajstić information content (AvgIpc) is 1.86. The summed E-state index contributed by atoms with van der Waals surface area (Å²) in [6.45, 7) is 0. The molecule has 59 valence electrons. The second-order valence-corrected chi connectivity index (χ2v) is 2.31. The lowest BCUT2D eigenvalue weighted by Crippen LogP contribution is -2.04. The lowest BCUT2D eigenvalue weighted by Gasteiger charge is -2.06. The van der Waals surface area contributed by atoms with Crippen molar-refractivity contribution in [2.75, 3.05) is 0 Å². The number of benzene rings is 1. The molecule has 1 rings (SSSR count). The van der Waals surface area contributed by atoms with Crippen molar-refractivity contribution >= 4 is 11.6 Å². The average molecular weight is 180 g/mol. The molecule has 0 amide bonds. The van der Waals surface area contributed by atoms with Crippen LogP contribution in [0.15, 0.2) is 18.2 Å². The van der Waals surface area contributed by atoms with Gasteiger partial charge in [-0.15, -0.1) is 0 Å². The zero-order valence-corrected chi connectivity index (χ0v) is 6.00. The van der Waals surface area contributed by atoms with Crippen LogP contribution in [0.3, 0.4) is 0 Å². The Morgan fingerprint density at radius 2 is 2.00 bits per heavy atom. The summed E-state index contributed by atoms with van der Waals surface area (Å²) >= 11 is 5.27. The lowest BCUT2D eigenvalue weighted by atomic mass is 10.2. The van der Waals surface area contributed by atoms with Gasteiger partial charge in [0.15, 0.2) is 0 Å². The van der Waals surface area contributed by atoms with Gasteiger partial charge in [0.1, 0.15) is 0 Å². The van der Waals surface area contributed by atoms with Crippen LogP contribution in [0.2, 0.25) is 5.02 Å². The second kappa shape index (κ2) is 2.74. The van der Waals surface area contributed by atoms with Gasteiger partial charge in [-0.05, 0) is 18.2 Å². The molecule has 0 aliphatic carbocycles. The lowest BCUT2D eigenvalue weighted by molar-refractivity contribution is -0.137.